The number of nitrogens with two attached hydrogens (primary N) is 2. The van der Waals surface area contributed by atoms with Crippen molar-refractivity contribution in [2.24, 2.45) is 16.5 Å². The van der Waals surface area contributed by atoms with Crippen LogP contribution in [0.25, 0.3) is 0 Å². The molecule has 0 aliphatic carbocycles. The van der Waals surface area contributed by atoms with Gasteiger partial charge in [-0.05, 0) is 13.3 Å². The minimum absolute atomic E-state index is 0.0920. The zero-order chi connectivity index (χ0) is 12.0. The van der Waals surface area contributed by atoms with E-state index in [1.165, 1.54) is 0 Å². The van der Waals surface area contributed by atoms with E-state index in [2.05, 4.69) is 17.6 Å². The van der Waals surface area contributed by atoms with Crippen molar-refractivity contribution in [2.75, 3.05) is 0 Å². The van der Waals surface area contributed by atoms with Crippen molar-refractivity contribution in [3.05, 3.63) is 0 Å². The molecule has 1 unspecified atom stereocenters. The molecule has 6 N–H and O–H groups in total. The molecule has 0 radical (unpaired) electrons. The number of hydrogen-bond donors (Lipinski definition) is 5. The van der Waals surface area contributed by atoms with Gasteiger partial charge in [0.05, 0.1) is 0 Å². The average Bonchev–Trinajstić information content (AvgIpc) is 1.80. The number of thiol groups is 1. The van der Waals surface area contributed by atoms with Gasteiger partial charge in [-0.25, -0.2) is 4.99 Å². The predicted molar refractivity (Wildman–Crippen MR) is 57.7 cm³/mol. The molecule has 0 aromatic carbocycles. The van der Waals surface area contributed by atoms with Gasteiger partial charge in [0.15, 0.2) is 5.96 Å². The summed E-state index contributed by atoms with van der Waals surface area (Å²) in [4.78, 5) is 3.46. The highest BCUT2D eigenvalue weighted by molar-refractivity contribution is 7.81. The summed E-state index contributed by atoms with van der Waals surface area (Å²) in [7, 11) is -4.67. The van der Waals surface area contributed by atoms with Crippen LogP contribution in [-0.4, -0.2) is 28.4 Å². The van der Waals surface area contributed by atoms with Crippen molar-refractivity contribution in [3.8, 4) is 0 Å². The molecule has 0 saturated heterocycles. The molecule has 14 heavy (non-hydrogen) atoms. The monoisotopic (exact) mass is 245 g/mol. The maximum absolute atomic E-state index is 8.74. The molecule has 0 aromatic heterocycles. The first-order valence-electron chi connectivity index (χ1n) is 3.51. The fourth-order valence-corrected chi connectivity index (χ4v) is 0.473. The Labute approximate surface area is 88.6 Å². The maximum atomic E-state index is 8.74. The van der Waals surface area contributed by atoms with Crippen molar-refractivity contribution >= 4 is 29.0 Å². The third kappa shape index (κ3) is 22.5. The number of aliphatic imine (C=N–C) groups is 1. The van der Waals surface area contributed by atoms with Gasteiger partial charge in [0, 0.05) is 0 Å². The Bertz CT molecular complexity index is 273. The standard InChI is InChI=1S/C5H13N3S.H2O4S/c1-3-5(2,9)8-4(6)7;1-5(2,3)4/h9H,3H2,1-2H3,(H4,6,7,8);(H2,1,2,3,4). The maximum Gasteiger partial charge on any atom is 0.394 e. The lowest BCUT2D eigenvalue weighted by atomic mass is 10.3. The van der Waals surface area contributed by atoms with E-state index in [0.717, 1.165) is 6.42 Å². The molecule has 0 amide bonds. The van der Waals surface area contributed by atoms with Crippen molar-refractivity contribution in [1.82, 2.24) is 0 Å². The van der Waals surface area contributed by atoms with E-state index in [0.29, 0.717) is 0 Å². The fourth-order valence-electron chi connectivity index (χ4n) is 0.357. The smallest absolute Gasteiger partial charge is 0.370 e. The Balaban J connectivity index is 0. The highest BCUT2D eigenvalue weighted by Crippen LogP contribution is 2.18. The second-order valence-electron chi connectivity index (χ2n) is 2.56. The van der Waals surface area contributed by atoms with Crippen LogP contribution in [-0.2, 0) is 10.4 Å². The van der Waals surface area contributed by atoms with Crippen LogP contribution in [0.4, 0.5) is 0 Å². The first-order chi connectivity index (χ1) is 5.98. The second-order valence-corrected chi connectivity index (χ2v) is 4.41. The highest BCUT2D eigenvalue weighted by Gasteiger charge is 2.13. The van der Waals surface area contributed by atoms with Gasteiger partial charge in [-0.1, -0.05) is 6.92 Å². The molecule has 7 nitrogen and oxygen atoms in total. The molecule has 0 bridgehead atoms. The second kappa shape index (κ2) is 6.06. The molecule has 9 heteroatoms. The van der Waals surface area contributed by atoms with Crippen LogP contribution < -0.4 is 11.5 Å². The quantitative estimate of drug-likeness (QED) is 0.195. The van der Waals surface area contributed by atoms with E-state index in [-0.39, 0.29) is 5.96 Å². The average molecular weight is 245 g/mol. The summed E-state index contributed by atoms with van der Waals surface area (Å²) in [5, 5.41) is 0. The fraction of sp³-hybridized carbons (Fsp3) is 0.800. The van der Waals surface area contributed by atoms with Gasteiger partial charge in [-0.15, -0.1) is 12.6 Å². The summed E-state index contributed by atoms with van der Waals surface area (Å²) < 4.78 is 31.6. The lowest BCUT2D eigenvalue weighted by molar-refractivity contribution is 0.381. The van der Waals surface area contributed by atoms with Gasteiger partial charge < -0.3 is 11.5 Å². The summed E-state index contributed by atoms with van der Waals surface area (Å²) in [5.74, 6) is 0.0920. The first kappa shape index (κ1) is 15.9. The van der Waals surface area contributed by atoms with Crippen LogP contribution in [0.3, 0.4) is 0 Å². The largest absolute Gasteiger partial charge is 0.394 e. The molecule has 0 aromatic rings. The van der Waals surface area contributed by atoms with Gasteiger partial charge in [0.2, 0.25) is 0 Å². The number of rotatable bonds is 2. The van der Waals surface area contributed by atoms with E-state index >= 15 is 0 Å². The van der Waals surface area contributed by atoms with E-state index in [4.69, 9.17) is 29.0 Å². The number of hydrogen-bond acceptors (Lipinski definition) is 4. The van der Waals surface area contributed by atoms with Crippen LogP contribution in [0.2, 0.25) is 0 Å². The van der Waals surface area contributed by atoms with Gasteiger partial charge >= 0.3 is 10.4 Å². The number of nitrogens with zero attached hydrogens (tertiary/aromatic N) is 1. The topological polar surface area (TPSA) is 139 Å². The van der Waals surface area contributed by atoms with Crippen molar-refractivity contribution in [3.63, 3.8) is 0 Å². The van der Waals surface area contributed by atoms with Gasteiger partial charge in [-0.3, -0.25) is 9.11 Å². The molecule has 0 fully saturated rings. The molecule has 0 saturated carbocycles. The van der Waals surface area contributed by atoms with Crippen molar-refractivity contribution in [2.45, 2.75) is 25.1 Å². The van der Waals surface area contributed by atoms with Gasteiger partial charge in [-0.2, -0.15) is 8.42 Å². The van der Waals surface area contributed by atoms with E-state index < -0.39 is 15.3 Å². The van der Waals surface area contributed by atoms with Crippen LogP contribution in [0.15, 0.2) is 4.99 Å². The summed E-state index contributed by atoms with van der Waals surface area (Å²) in [6.45, 7) is 3.83. The summed E-state index contributed by atoms with van der Waals surface area (Å²) in [6, 6.07) is 0. The highest BCUT2D eigenvalue weighted by atomic mass is 32.3. The molecular weight excluding hydrogens is 230 g/mol. The van der Waals surface area contributed by atoms with Gasteiger partial charge in [0.1, 0.15) is 4.87 Å². The molecular formula is C5H15N3O4S2. The summed E-state index contributed by atoms with van der Waals surface area (Å²) in [6.07, 6.45) is 0.814. The van der Waals surface area contributed by atoms with E-state index in [9.17, 15) is 0 Å². The van der Waals surface area contributed by atoms with Crippen LogP contribution in [0, 0.1) is 0 Å². The lowest BCUT2D eigenvalue weighted by Gasteiger charge is -2.14. The summed E-state index contributed by atoms with van der Waals surface area (Å²) >= 11 is 4.18. The molecule has 0 rings (SSSR count). The molecule has 1 atom stereocenters. The minimum atomic E-state index is -4.67. The van der Waals surface area contributed by atoms with E-state index in [1.54, 1.807) is 0 Å². The Kier molecular flexibility index (Phi) is 6.90. The third-order valence-electron chi connectivity index (χ3n) is 1.04. The summed E-state index contributed by atoms with van der Waals surface area (Å²) in [5.41, 5.74) is 10.3. The lowest BCUT2D eigenvalue weighted by Crippen LogP contribution is -2.27. The minimum Gasteiger partial charge on any atom is -0.370 e. The van der Waals surface area contributed by atoms with Gasteiger partial charge in [0.25, 0.3) is 0 Å². The Morgan fingerprint density at radius 2 is 1.79 bits per heavy atom. The first-order valence-corrected chi connectivity index (χ1v) is 5.35. The van der Waals surface area contributed by atoms with E-state index in [1.807, 2.05) is 13.8 Å². The Morgan fingerprint density at radius 1 is 1.50 bits per heavy atom. The number of guanidine groups is 1. The normalized spacial score (nSPS) is 14.6. The Hall–Kier alpha value is -0.510. The zero-order valence-electron chi connectivity index (χ0n) is 7.88. The van der Waals surface area contributed by atoms with Crippen LogP contribution in [0.1, 0.15) is 20.3 Å². The zero-order valence-corrected chi connectivity index (χ0v) is 9.59. The van der Waals surface area contributed by atoms with Crippen LogP contribution >= 0.6 is 12.6 Å². The predicted octanol–water partition coefficient (Wildman–Crippen LogP) is -0.337. The molecule has 0 aliphatic rings. The molecule has 0 spiro atoms. The SMILES string of the molecule is CCC(C)(S)N=C(N)N.O=S(=O)(O)O. The van der Waals surface area contributed by atoms with Crippen molar-refractivity contribution < 1.29 is 17.5 Å². The molecule has 0 heterocycles. The Morgan fingerprint density at radius 3 is 1.86 bits per heavy atom. The van der Waals surface area contributed by atoms with Crippen LogP contribution in [0.5, 0.6) is 0 Å². The van der Waals surface area contributed by atoms with Crippen molar-refractivity contribution in [1.29, 1.82) is 0 Å². The molecule has 0 aliphatic heterocycles. The third-order valence-corrected chi connectivity index (χ3v) is 1.46. The molecule has 86 valence electrons.